The molecule has 4 aromatic rings. The molecule has 37 heavy (non-hydrogen) atoms. The van der Waals surface area contributed by atoms with E-state index in [-0.39, 0.29) is 28.1 Å². The number of benzene rings is 1. The summed E-state index contributed by atoms with van der Waals surface area (Å²) in [5.41, 5.74) is 2.63. The first-order valence-electron chi connectivity index (χ1n) is 11.0. The molecule has 14 heteroatoms. The molecule has 1 aromatic carbocycles. The summed E-state index contributed by atoms with van der Waals surface area (Å²) in [5, 5.41) is 7.75. The van der Waals surface area contributed by atoms with Crippen LogP contribution in [0.25, 0.3) is 21.3 Å². The minimum Gasteiger partial charge on any atom is -0.375 e. The van der Waals surface area contributed by atoms with Crippen molar-refractivity contribution in [3.63, 3.8) is 0 Å². The lowest BCUT2D eigenvalue weighted by Gasteiger charge is -2.13. The predicted molar refractivity (Wildman–Crippen MR) is 146 cm³/mol. The molecule has 6 N–H and O–H groups in total. The van der Waals surface area contributed by atoms with Gasteiger partial charge < -0.3 is 29.4 Å². The van der Waals surface area contributed by atoms with Crippen LogP contribution < -0.4 is 19.5 Å². The van der Waals surface area contributed by atoms with Crippen LogP contribution >= 0.6 is 32.8 Å². The van der Waals surface area contributed by atoms with Crippen molar-refractivity contribution < 1.29 is 25.8 Å². The van der Waals surface area contributed by atoms with Crippen molar-refractivity contribution in [3.8, 4) is 10.4 Å². The maximum Gasteiger partial charge on any atom is 0.405 e. The van der Waals surface area contributed by atoms with Gasteiger partial charge in [-0.3, -0.25) is 9.59 Å². The number of H-pyrrole nitrogens is 2. The lowest BCUT2D eigenvalue weighted by molar-refractivity contribution is -0.115. The third kappa shape index (κ3) is 5.95. The van der Waals surface area contributed by atoms with Crippen molar-refractivity contribution >= 4 is 72.7 Å². The fourth-order valence-corrected chi connectivity index (χ4v) is 5.31. The summed E-state index contributed by atoms with van der Waals surface area (Å²) in [7, 11) is 1.40. The molecule has 3 aromatic heterocycles. The van der Waals surface area contributed by atoms with Crippen molar-refractivity contribution in [2.24, 2.45) is 0 Å². The molecule has 0 atom stereocenters. The zero-order chi connectivity index (χ0) is 26.7. The normalized spacial score (nSPS) is 11.5. The fourth-order valence-electron chi connectivity index (χ4n) is 3.74. The van der Waals surface area contributed by atoms with Crippen LogP contribution in [0.4, 0.5) is 30.4 Å². The molecular weight excluding hydrogens is 624 g/mol. The highest BCUT2D eigenvalue weighted by molar-refractivity contribution is 14.1. The second-order valence-corrected chi connectivity index (χ2v) is 9.99. The first kappa shape index (κ1) is 26.7. The average molecular weight is 646 g/mol. The van der Waals surface area contributed by atoms with Crippen molar-refractivity contribution in [1.82, 2.24) is 15.3 Å². The number of hydrogen-bond acceptors (Lipinski definition) is 5. The molecule has 0 unspecified atom stereocenters. The van der Waals surface area contributed by atoms with Crippen molar-refractivity contribution in [3.05, 3.63) is 52.7 Å². The molecule has 0 radical (unpaired) electrons. The number of hydrogen-bond donors (Lipinski definition) is 6. The topological polar surface area (TPSA) is 131 Å². The number of alkyl halides is 3. The molecule has 0 saturated heterocycles. The Balaban J connectivity index is 1.69. The number of carbonyl (C=O) groups excluding carboxylic acids is 2. The molecule has 2 amide bonds. The molecule has 196 valence electrons. The van der Waals surface area contributed by atoms with Crippen molar-refractivity contribution in [2.45, 2.75) is 19.5 Å². The van der Waals surface area contributed by atoms with Gasteiger partial charge in [0, 0.05) is 34.8 Å². The number of amides is 2. The number of anilines is 3. The minimum atomic E-state index is -4.49. The SMILES string of the molecule is CCc1cc(-c2ccc(C(=O)Nc3[nH]c4cc(NI=O)c(NCC(F)(F)F)cc4c3C(=O)NC)s2)c[nH]1. The quantitative estimate of drug-likeness (QED) is 0.0980. The maximum absolute atomic E-state index is 13.1. The van der Waals surface area contributed by atoms with E-state index in [1.807, 2.05) is 25.3 Å². The van der Waals surface area contributed by atoms with Crippen LogP contribution in [0.15, 0.2) is 36.5 Å². The number of aromatic amines is 2. The highest BCUT2D eigenvalue weighted by atomic mass is 127. The summed E-state index contributed by atoms with van der Waals surface area (Å²) in [6.07, 6.45) is -1.77. The van der Waals surface area contributed by atoms with Crippen molar-refractivity contribution in [1.29, 1.82) is 0 Å². The maximum atomic E-state index is 13.1. The largest absolute Gasteiger partial charge is 0.405 e. The van der Waals surface area contributed by atoms with E-state index in [4.69, 9.17) is 0 Å². The Kier molecular flexibility index (Phi) is 7.87. The molecule has 0 saturated carbocycles. The van der Waals surface area contributed by atoms with E-state index in [0.29, 0.717) is 10.4 Å². The van der Waals surface area contributed by atoms with Gasteiger partial charge in [-0.05, 0) is 36.8 Å². The van der Waals surface area contributed by atoms with Gasteiger partial charge in [0.2, 0.25) is 0 Å². The molecule has 0 aliphatic heterocycles. The Bertz CT molecular complexity index is 1480. The van der Waals surface area contributed by atoms with Crippen LogP contribution in [0.1, 0.15) is 32.6 Å². The number of thiophene rings is 1. The standard InChI is InChI=1S/C23H22F3IN6O3S/c1-3-12-6-11(9-29-12)17-4-5-18(37-17)21(34)32-20-19(22(35)28-2)13-7-15(30-10-23(24,25)26)16(33-27-36)8-14(13)31-20/h4-9,29-31H,3,10H2,1-2H3,(H,28,35)(H,32,34)(H,33,36). The smallest absolute Gasteiger partial charge is 0.375 e. The van der Waals surface area contributed by atoms with E-state index in [2.05, 4.69) is 29.4 Å². The molecule has 0 aliphatic carbocycles. The monoisotopic (exact) mass is 646 g/mol. The van der Waals surface area contributed by atoms with Crippen molar-refractivity contribution in [2.75, 3.05) is 27.8 Å². The van der Waals surface area contributed by atoms with Crippen LogP contribution in [-0.4, -0.2) is 41.6 Å². The van der Waals surface area contributed by atoms with E-state index < -0.39 is 46.0 Å². The molecule has 3 heterocycles. The van der Waals surface area contributed by atoms with Crippen LogP contribution in [0, 0.1) is 0 Å². The first-order chi connectivity index (χ1) is 17.6. The minimum absolute atomic E-state index is 0.0169. The van der Waals surface area contributed by atoms with E-state index in [9.17, 15) is 25.8 Å². The number of fused-ring (bicyclic) bond motifs is 1. The van der Waals surface area contributed by atoms with Gasteiger partial charge in [0.05, 0.1) is 27.3 Å². The Morgan fingerprint density at radius 2 is 1.89 bits per heavy atom. The lowest BCUT2D eigenvalue weighted by Crippen LogP contribution is -2.22. The molecule has 0 fully saturated rings. The number of aryl methyl sites for hydroxylation is 1. The van der Waals surface area contributed by atoms with Gasteiger partial charge >= 0.3 is 6.18 Å². The second kappa shape index (κ2) is 10.9. The molecule has 0 spiro atoms. The highest BCUT2D eigenvalue weighted by Gasteiger charge is 2.28. The summed E-state index contributed by atoms with van der Waals surface area (Å²) in [5.74, 6) is -0.926. The Morgan fingerprint density at radius 1 is 1.11 bits per heavy atom. The predicted octanol–water partition coefficient (Wildman–Crippen LogP) is 6.02. The third-order valence-electron chi connectivity index (χ3n) is 5.49. The molecular formula is C23H22F3IN6O3S. The van der Waals surface area contributed by atoms with E-state index in [1.165, 1.54) is 30.5 Å². The van der Waals surface area contributed by atoms with Gasteiger partial charge in [-0.1, -0.05) is 6.92 Å². The van der Waals surface area contributed by atoms with E-state index in [1.54, 1.807) is 6.07 Å². The fraction of sp³-hybridized carbons (Fsp3) is 0.217. The highest BCUT2D eigenvalue weighted by Crippen LogP contribution is 2.36. The van der Waals surface area contributed by atoms with Gasteiger partial charge in [0.15, 0.2) is 0 Å². The van der Waals surface area contributed by atoms with Gasteiger partial charge in [0.25, 0.3) is 33.3 Å². The number of aromatic nitrogens is 2. The van der Waals surface area contributed by atoms with Crippen LogP contribution in [0.3, 0.4) is 0 Å². The molecule has 9 nitrogen and oxygen atoms in total. The summed E-state index contributed by atoms with van der Waals surface area (Å²) in [6, 6.07) is 8.30. The van der Waals surface area contributed by atoms with Gasteiger partial charge in [0.1, 0.15) is 12.4 Å². The van der Waals surface area contributed by atoms with Crippen LogP contribution in [0.2, 0.25) is 0 Å². The molecule has 4 rings (SSSR count). The Labute approximate surface area is 223 Å². The lowest BCUT2D eigenvalue weighted by atomic mass is 10.1. The summed E-state index contributed by atoms with van der Waals surface area (Å²) >= 11 is -0.469. The summed E-state index contributed by atoms with van der Waals surface area (Å²) in [6.45, 7) is 0.708. The second-order valence-electron chi connectivity index (χ2n) is 7.92. The third-order valence-corrected chi connectivity index (χ3v) is 7.42. The molecule has 0 bridgehead atoms. The summed E-state index contributed by atoms with van der Waals surface area (Å²) < 4.78 is 52.3. The Hall–Kier alpha value is -3.40. The number of nitrogens with one attached hydrogen (secondary N) is 6. The van der Waals surface area contributed by atoms with Gasteiger partial charge in [-0.25, -0.2) is 3.07 Å². The van der Waals surface area contributed by atoms with Gasteiger partial charge in [-0.2, -0.15) is 13.2 Å². The number of rotatable bonds is 9. The van der Waals surface area contributed by atoms with E-state index >= 15 is 0 Å². The summed E-state index contributed by atoms with van der Waals surface area (Å²) in [4.78, 5) is 33.2. The number of halogens is 4. The van der Waals surface area contributed by atoms with Crippen LogP contribution in [-0.2, 0) is 9.49 Å². The van der Waals surface area contributed by atoms with Gasteiger partial charge in [-0.15, -0.1) is 11.3 Å². The Morgan fingerprint density at radius 3 is 2.54 bits per heavy atom. The zero-order valence-corrected chi connectivity index (χ0v) is 22.5. The van der Waals surface area contributed by atoms with E-state index in [0.717, 1.165) is 22.6 Å². The zero-order valence-electron chi connectivity index (χ0n) is 19.5. The van der Waals surface area contributed by atoms with Crippen LogP contribution in [0.5, 0.6) is 0 Å². The first-order valence-corrected chi connectivity index (χ1v) is 13.7. The average Bonchev–Trinajstić information content (AvgIpc) is 3.59. The molecule has 0 aliphatic rings. The number of carbonyl (C=O) groups is 2.